The quantitative estimate of drug-likeness (QED) is 0.803. The molecule has 16 heavy (non-hydrogen) atoms. The van der Waals surface area contributed by atoms with E-state index in [1.807, 2.05) is 6.92 Å². The number of nitrogens with two attached hydrogens (primary N) is 1. The summed E-state index contributed by atoms with van der Waals surface area (Å²) in [6, 6.07) is 1.73. The molecule has 1 unspecified atom stereocenters. The molecular formula is C10H17N3O2S. The Labute approximate surface area is 96.1 Å². The molecule has 1 atom stereocenters. The van der Waals surface area contributed by atoms with Gasteiger partial charge in [-0.1, -0.05) is 6.92 Å². The first-order valence-corrected chi connectivity index (χ1v) is 6.67. The van der Waals surface area contributed by atoms with Crippen molar-refractivity contribution in [3.8, 4) is 0 Å². The molecule has 1 aromatic heterocycles. The molecule has 6 heteroatoms. The normalized spacial score (nSPS) is 13.4. The average Bonchev–Trinajstić information content (AvgIpc) is 2.18. The van der Waals surface area contributed by atoms with E-state index in [1.165, 1.54) is 6.20 Å². The molecule has 0 spiro atoms. The lowest BCUT2D eigenvalue weighted by Crippen LogP contribution is -2.33. The average molecular weight is 243 g/mol. The first-order chi connectivity index (χ1) is 7.49. The Morgan fingerprint density at radius 3 is 2.69 bits per heavy atom. The molecule has 1 aromatic rings. The molecule has 0 saturated heterocycles. The zero-order valence-electron chi connectivity index (χ0n) is 9.47. The van der Waals surface area contributed by atoms with E-state index in [2.05, 4.69) is 9.71 Å². The van der Waals surface area contributed by atoms with Crippen LogP contribution in [0.5, 0.6) is 0 Å². The SMILES string of the molecule is CCC(CN)S(=O)(=O)Nc1cncc(C)c1. The van der Waals surface area contributed by atoms with Gasteiger partial charge in [0, 0.05) is 12.7 Å². The third kappa shape index (κ3) is 3.18. The van der Waals surface area contributed by atoms with Gasteiger partial charge < -0.3 is 5.73 Å². The minimum Gasteiger partial charge on any atom is -0.329 e. The van der Waals surface area contributed by atoms with Crippen LogP contribution in [-0.4, -0.2) is 25.2 Å². The van der Waals surface area contributed by atoms with Crippen molar-refractivity contribution in [2.75, 3.05) is 11.3 Å². The summed E-state index contributed by atoms with van der Waals surface area (Å²) in [5.74, 6) is 0. The molecule has 0 radical (unpaired) electrons. The highest BCUT2D eigenvalue weighted by Gasteiger charge is 2.22. The molecule has 3 N–H and O–H groups in total. The molecule has 1 heterocycles. The second kappa shape index (κ2) is 5.27. The second-order valence-corrected chi connectivity index (χ2v) is 5.62. The lowest BCUT2D eigenvalue weighted by Gasteiger charge is -2.15. The Balaban J connectivity index is 2.88. The molecule has 0 aliphatic heterocycles. The van der Waals surface area contributed by atoms with Crippen molar-refractivity contribution in [1.29, 1.82) is 0 Å². The number of sulfonamides is 1. The van der Waals surface area contributed by atoms with Crippen molar-refractivity contribution < 1.29 is 8.42 Å². The first kappa shape index (κ1) is 12.9. The van der Waals surface area contributed by atoms with Crippen LogP contribution in [0.25, 0.3) is 0 Å². The van der Waals surface area contributed by atoms with Crippen LogP contribution in [0, 0.1) is 6.92 Å². The fraction of sp³-hybridized carbons (Fsp3) is 0.500. The highest BCUT2D eigenvalue weighted by atomic mass is 32.2. The van der Waals surface area contributed by atoms with Gasteiger partial charge >= 0.3 is 0 Å². The van der Waals surface area contributed by atoms with Gasteiger partial charge in [-0.05, 0) is 25.0 Å². The van der Waals surface area contributed by atoms with Crippen LogP contribution in [-0.2, 0) is 10.0 Å². The number of hydrogen-bond donors (Lipinski definition) is 2. The van der Waals surface area contributed by atoms with Crippen LogP contribution in [0.1, 0.15) is 18.9 Å². The lowest BCUT2D eigenvalue weighted by molar-refractivity contribution is 0.581. The van der Waals surface area contributed by atoms with E-state index >= 15 is 0 Å². The van der Waals surface area contributed by atoms with E-state index in [-0.39, 0.29) is 6.54 Å². The van der Waals surface area contributed by atoms with Gasteiger partial charge in [0.15, 0.2) is 0 Å². The number of nitrogens with one attached hydrogen (secondary N) is 1. The largest absolute Gasteiger partial charge is 0.329 e. The maximum Gasteiger partial charge on any atom is 0.236 e. The smallest absolute Gasteiger partial charge is 0.236 e. The number of nitrogens with zero attached hydrogens (tertiary/aromatic N) is 1. The van der Waals surface area contributed by atoms with Crippen molar-refractivity contribution >= 4 is 15.7 Å². The maximum absolute atomic E-state index is 11.9. The molecule has 1 rings (SSSR count). The number of pyridine rings is 1. The van der Waals surface area contributed by atoms with Crippen LogP contribution >= 0.6 is 0 Å². The molecule has 0 aliphatic rings. The summed E-state index contributed by atoms with van der Waals surface area (Å²) in [5, 5.41) is -0.562. The molecule has 5 nitrogen and oxygen atoms in total. The fourth-order valence-electron chi connectivity index (χ4n) is 1.37. The maximum atomic E-state index is 11.9. The van der Waals surface area contributed by atoms with Crippen LogP contribution in [0.4, 0.5) is 5.69 Å². The Morgan fingerprint density at radius 2 is 2.19 bits per heavy atom. The number of hydrogen-bond acceptors (Lipinski definition) is 4. The monoisotopic (exact) mass is 243 g/mol. The summed E-state index contributed by atoms with van der Waals surface area (Å²) in [5.41, 5.74) is 6.80. The van der Waals surface area contributed by atoms with Crippen molar-refractivity contribution in [3.05, 3.63) is 24.0 Å². The van der Waals surface area contributed by atoms with Crippen molar-refractivity contribution in [1.82, 2.24) is 4.98 Å². The zero-order chi connectivity index (χ0) is 12.2. The van der Waals surface area contributed by atoms with Gasteiger partial charge in [-0.3, -0.25) is 9.71 Å². The third-order valence-electron chi connectivity index (χ3n) is 2.29. The van der Waals surface area contributed by atoms with E-state index in [4.69, 9.17) is 5.73 Å². The summed E-state index contributed by atoms with van der Waals surface area (Å²) in [7, 11) is -3.41. The van der Waals surface area contributed by atoms with Crippen LogP contribution in [0.2, 0.25) is 0 Å². The first-order valence-electron chi connectivity index (χ1n) is 5.13. The van der Waals surface area contributed by atoms with Gasteiger partial charge in [0.1, 0.15) is 0 Å². The molecule has 90 valence electrons. The van der Waals surface area contributed by atoms with Gasteiger partial charge in [-0.25, -0.2) is 8.42 Å². The van der Waals surface area contributed by atoms with E-state index in [9.17, 15) is 8.42 Å². The summed E-state index contributed by atoms with van der Waals surface area (Å²) < 4.78 is 26.2. The Bertz CT molecular complexity index is 441. The van der Waals surface area contributed by atoms with Gasteiger partial charge in [-0.15, -0.1) is 0 Å². The lowest BCUT2D eigenvalue weighted by atomic mass is 10.3. The van der Waals surface area contributed by atoms with E-state index in [0.717, 1.165) is 5.56 Å². The standard InChI is InChI=1S/C10H17N3O2S/c1-3-10(5-11)16(14,15)13-9-4-8(2)6-12-7-9/h4,6-7,10,13H,3,5,11H2,1-2H3. The topological polar surface area (TPSA) is 85.1 Å². The van der Waals surface area contributed by atoms with Gasteiger partial charge in [0.2, 0.25) is 10.0 Å². The molecule has 0 aromatic carbocycles. The molecular weight excluding hydrogens is 226 g/mol. The number of anilines is 1. The Morgan fingerprint density at radius 1 is 1.50 bits per heavy atom. The molecule has 0 fully saturated rings. The van der Waals surface area contributed by atoms with Crippen LogP contribution < -0.4 is 10.5 Å². The Kier molecular flexibility index (Phi) is 4.26. The second-order valence-electron chi connectivity index (χ2n) is 3.66. The van der Waals surface area contributed by atoms with Crippen LogP contribution in [0.15, 0.2) is 18.5 Å². The Hall–Kier alpha value is -1.14. The highest BCUT2D eigenvalue weighted by molar-refractivity contribution is 7.93. The fourth-order valence-corrected chi connectivity index (χ4v) is 2.67. The van der Waals surface area contributed by atoms with Gasteiger partial charge in [0.05, 0.1) is 17.1 Å². The van der Waals surface area contributed by atoms with Crippen molar-refractivity contribution in [2.45, 2.75) is 25.5 Å². The summed E-state index contributed by atoms with van der Waals surface area (Å²) in [6.45, 7) is 3.77. The number of aromatic nitrogens is 1. The van der Waals surface area contributed by atoms with Gasteiger partial charge in [-0.2, -0.15) is 0 Å². The molecule has 0 amide bonds. The minimum atomic E-state index is -3.41. The zero-order valence-corrected chi connectivity index (χ0v) is 10.3. The van der Waals surface area contributed by atoms with E-state index < -0.39 is 15.3 Å². The highest BCUT2D eigenvalue weighted by Crippen LogP contribution is 2.13. The molecule has 0 saturated carbocycles. The summed E-state index contributed by atoms with van der Waals surface area (Å²) >= 11 is 0. The predicted molar refractivity (Wildman–Crippen MR) is 64.6 cm³/mol. The predicted octanol–water partition coefficient (Wildman–Crippen LogP) is 0.869. The number of aryl methyl sites for hydroxylation is 1. The van der Waals surface area contributed by atoms with Crippen molar-refractivity contribution in [2.24, 2.45) is 5.73 Å². The summed E-state index contributed by atoms with van der Waals surface area (Å²) in [6.07, 6.45) is 3.64. The number of rotatable bonds is 5. The third-order valence-corrected chi connectivity index (χ3v) is 4.22. The molecule has 0 bridgehead atoms. The minimum absolute atomic E-state index is 0.116. The van der Waals surface area contributed by atoms with E-state index in [1.54, 1.807) is 19.2 Å². The van der Waals surface area contributed by atoms with E-state index in [0.29, 0.717) is 12.1 Å². The summed E-state index contributed by atoms with van der Waals surface area (Å²) in [4.78, 5) is 3.92. The van der Waals surface area contributed by atoms with Crippen LogP contribution in [0.3, 0.4) is 0 Å². The van der Waals surface area contributed by atoms with Crippen molar-refractivity contribution in [3.63, 3.8) is 0 Å². The van der Waals surface area contributed by atoms with Gasteiger partial charge in [0.25, 0.3) is 0 Å². The molecule has 0 aliphatic carbocycles.